The number of rotatable bonds is 4. The monoisotopic (exact) mass is 333 g/mol. The second-order valence-corrected chi connectivity index (χ2v) is 5.36. The van der Waals surface area contributed by atoms with Gasteiger partial charge in [0.05, 0.1) is 23.2 Å². The van der Waals surface area contributed by atoms with Gasteiger partial charge < -0.3 is 13.9 Å². The number of ether oxygens (including phenoxy) is 2. The second kappa shape index (κ2) is 6.24. The molecule has 0 atom stereocenters. The number of benzene rings is 1. The maximum Gasteiger partial charge on any atom is 0.340 e. The first kappa shape index (κ1) is 15.1. The highest BCUT2D eigenvalue weighted by atomic mass is 16.5. The third-order valence-electron chi connectivity index (χ3n) is 3.84. The standard InChI is InChI=1S/C19H15N3O3/c1-2-24-18(23)17-14-8-7-13(25-19-20-9-5-10-21-19)12-16(14)22-11-4-3-6-15(17)22/h3-12H,2H2,1H3. The lowest BCUT2D eigenvalue weighted by Crippen LogP contribution is -2.04. The molecule has 0 aliphatic heterocycles. The van der Waals surface area contributed by atoms with E-state index in [0.717, 1.165) is 16.4 Å². The van der Waals surface area contributed by atoms with Crippen LogP contribution in [0.5, 0.6) is 11.8 Å². The Bertz CT molecular complexity index is 1060. The molecule has 0 radical (unpaired) electrons. The van der Waals surface area contributed by atoms with Gasteiger partial charge in [0.1, 0.15) is 5.75 Å². The van der Waals surface area contributed by atoms with E-state index < -0.39 is 0 Å². The summed E-state index contributed by atoms with van der Waals surface area (Å²) < 4.78 is 12.9. The van der Waals surface area contributed by atoms with Crippen molar-refractivity contribution < 1.29 is 14.3 Å². The van der Waals surface area contributed by atoms with E-state index in [9.17, 15) is 4.79 Å². The van der Waals surface area contributed by atoms with E-state index in [1.165, 1.54) is 0 Å². The summed E-state index contributed by atoms with van der Waals surface area (Å²) in [5, 5.41) is 0.811. The van der Waals surface area contributed by atoms with Crippen LogP contribution >= 0.6 is 0 Å². The number of hydrogen-bond donors (Lipinski definition) is 0. The number of hydrogen-bond acceptors (Lipinski definition) is 5. The molecule has 1 aromatic carbocycles. The first-order valence-electron chi connectivity index (χ1n) is 7.92. The van der Waals surface area contributed by atoms with Crippen LogP contribution in [0, 0.1) is 0 Å². The molecule has 3 aromatic heterocycles. The number of aromatic nitrogens is 3. The Morgan fingerprint density at radius 1 is 1.08 bits per heavy atom. The molecule has 3 heterocycles. The molecule has 0 bridgehead atoms. The molecule has 0 fully saturated rings. The van der Waals surface area contributed by atoms with Crippen LogP contribution < -0.4 is 4.74 Å². The highest BCUT2D eigenvalue weighted by Gasteiger charge is 2.19. The molecule has 0 amide bonds. The van der Waals surface area contributed by atoms with Crippen molar-refractivity contribution in [2.24, 2.45) is 0 Å². The van der Waals surface area contributed by atoms with Crippen LogP contribution in [-0.2, 0) is 4.74 Å². The molecular weight excluding hydrogens is 318 g/mol. The molecule has 0 saturated heterocycles. The number of nitrogens with zero attached hydrogens (tertiary/aromatic N) is 3. The van der Waals surface area contributed by atoms with E-state index in [4.69, 9.17) is 9.47 Å². The summed E-state index contributed by atoms with van der Waals surface area (Å²) in [7, 11) is 0. The molecule has 25 heavy (non-hydrogen) atoms. The molecule has 0 aliphatic rings. The van der Waals surface area contributed by atoms with Crippen molar-refractivity contribution in [3.8, 4) is 11.8 Å². The number of esters is 1. The van der Waals surface area contributed by atoms with Crippen molar-refractivity contribution in [3.63, 3.8) is 0 Å². The van der Waals surface area contributed by atoms with Crippen LogP contribution in [0.1, 0.15) is 17.3 Å². The smallest absolute Gasteiger partial charge is 0.340 e. The van der Waals surface area contributed by atoms with Crippen molar-refractivity contribution >= 4 is 22.4 Å². The minimum Gasteiger partial charge on any atom is -0.462 e. The van der Waals surface area contributed by atoms with Crippen LogP contribution in [0.2, 0.25) is 0 Å². The maximum atomic E-state index is 12.4. The molecule has 6 nitrogen and oxygen atoms in total. The normalized spacial score (nSPS) is 10.9. The third-order valence-corrected chi connectivity index (χ3v) is 3.84. The van der Waals surface area contributed by atoms with E-state index >= 15 is 0 Å². The molecule has 124 valence electrons. The van der Waals surface area contributed by atoms with Gasteiger partial charge in [0.2, 0.25) is 0 Å². The fourth-order valence-electron chi connectivity index (χ4n) is 2.84. The quantitative estimate of drug-likeness (QED) is 0.531. The van der Waals surface area contributed by atoms with Gasteiger partial charge in [-0.1, -0.05) is 6.07 Å². The lowest BCUT2D eigenvalue weighted by molar-refractivity contribution is 0.0531. The molecule has 4 aromatic rings. The lowest BCUT2D eigenvalue weighted by Gasteiger charge is -2.04. The summed E-state index contributed by atoms with van der Waals surface area (Å²) in [5.41, 5.74) is 2.20. The molecule has 0 spiro atoms. The number of fused-ring (bicyclic) bond motifs is 3. The third kappa shape index (κ3) is 2.67. The summed E-state index contributed by atoms with van der Waals surface area (Å²) in [6.45, 7) is 2.13. The Morgan fingerprint density at radius 3 is 2.72 bits per heavy atom. The van der Waals surface area contributed by atoms with Crippen molar-refractivity contribution in [1.82, 2.24) is 14.4 Å². The van der Waals surface area contributed by atoms with Crippen LogP contribution in [0.4, 0.5) is 0 Å². The summed E-state index contributed by atoms with van der Waals surface area (Å²) in [4.78, 5) is 20.5. The van der Waals surface area contributed by atoms with Crippen molar-refractivity contribution in [3.05, 3.63) is 66.6 Å². The molecule has 0 N–H and O–H groups in total. The average molecular weight is 333 g/mol. The second-order valence-electron chi connectivity index (χ2n) is 5.36. The molecule has 6 heteroatoms. The van der Waals surface area contributed by atoms with Crippen LogP contribution in [0.25, 0.3) is 16.4 Å². The van der Waals surface area contributed by atoms with Gasteiger partial charge in [-0.15, -0.1) is 0 Å². The summed E-state index contributed by atoms with van der Waals surface area (Å²) in [6.07, 6.45) is 5.14. The highest BCUT2D eigenvalue weighted by Crippen LogP contribution is 2.31. The van der Waals surface area contributed by atoms with E-state index in [1.807, 2.05) is 40.9 Å². The summed E-state index contributed by atoms with van der Waals surface area (Å²) in [5.74, 6) is 0.263. The molecular formula is C19H15N3O3. The van der Waals surface area contributed by atoms with Gasteiger partial charge in [0, 0.05) is 30.0 Å². The zero-order chi connectivity index (χ0) is 17.2. The van der Waals surface area contributed by atoms with E-state index in [1.54, 1.807) is 31.5 Å². The molecule has 4 rings (SSSR count). The molecule has 0 aliphatic carbocycles. The Balaban J connectivity index is 1.88. The lowest BCUT2D eigenvalue weighted by atomic mass is 10.1. The Morgan fingerprint density at radius 2 is 1.92 bits per heavy atom. The van der Waals surface area contributed by atoms with Crippen LogP contribution in [-0.4, -0.2) is 26.9 Å². The first-order valence-corrected chi connectivity index (χ1v) is 7.92. The van der Waals surface area contributed by atoms with Crippen molar-refractivity contribution in [2.75, 3.05) is 6.61 Å². The maximum absolute atomic E-state index is 12.4. The predicted octanol–water partition coefficient (Wildman–Crippen LogP) is 3.85. The van der Waals surface area contributed by atoms with Gasteiger partial charge in [-0.3, -0.25) is 0 Å². The van der Waals surface area contributed by atoms with Crippen molar-refractivity contribution in [1.29, 1.82) is 0 Å². The Hall–Kier alpha value is -3.41. The van der Waals surface area contributed by atoms with Gasteiger partial charge in [-0.2, -0.15) is 0 Å². The average Bonchev–Trinajstić information content (AvgIpc) is 2.97. The highest BCUT2D eigenvalue weighted by molar-refractivity contribution is 6.11. The molecule has 0 unspecified atom stereocenters. The number of pyridine rings is 1. The number of carbonyl (C=O) groups is 1. The zero-order valence-electron chi connectivity index (χ0n) is 13.5. The van der Waals surface area contributed by atoms with E-state index in [-0.39, 0.29) is 12.0 Å². The fourth-order valence-corrected chi connectivity index (χ4v) is 2.84. The minimum absolute atomic E-state index is 0.272. The van der Waals surface area contributed by atoms with Crippen LogP contribution in [0.15, 0.2) is 61.1 Å². The fraction of sp³-hybridized carbons (Fsp3) is 0.105. The Labute approximate surface area is 143 Å². The topological polar surface area (TPSA) is 65.7 Å². The van der Waals surface area contributed by atoms with Gasteiger partial charge in [-0.25, -0.2) is 14.8 Å². The molecule has 0 saturated carbocycles. The largest absolute Gasteiger partial charge is 0.462 e. The summed E-state index contributed by atoms with van der Waals surface area (Å²) >= 11 is 0. The van der Waals surface area contributed by atoms with E-state index in [0.29, 0.717) is 17.9 Å². The van der Waals surface area contributed by atoms with Gasteiger partial charge >= 0.3 is 12.0 Å². The van der Waals surface area contributed by atoms with Gasteiger partial charge in [-0.05, 0) is 37.3 Å². The van der Waals surface area contributed by atoms with E-state index in [2.05, 4.69) is 9.97 Å². The Kier molecular flexibility index (Phi) is 3.78. The van der Waals surface area contributed by atoms with Gasteiger partial charge in [0.25, 0.3) is 0 Å². The predicted molar refractivity (Wildman–Crippen MR) is 93.0 cm³/mol. The first-order chi connectivity index (χ1) is 12.3. The summed E-state index contributed by atoms with van der Waals surface area (Å²) in [6, 6.07) is 13.2. The minimum atomic E-state index is -0.332. The van der Waals surface area contributed by atoms with Crippen LogP contribution in [0.3, 0.4) is 0 Å². The van der Waals surface area contributed by atoms with Gasteiger partial charge in [0.15, 0.2) is 0 Å². The van der Waals surface area contributed by atoms with Crippen molar-refractivity contribution in [2.45, 2.75) is 6.92 Å². The number of carbonyl (C=O) groups excluding carboxylic acids is 1. The SMILES string of the molecule is CCOC(=O)c1c2ccc(Oc3ncccn3)cc2n2ccccc12. The zero-order valence-corrected chi connectivity index (χ0v) is 13.5.